The van der Waals surface area contributed by atoms with Gasteiger partial charge >= 0.3 is 0 Å². The van der Waals surface area contributed by atoms with Crippen LogP contribution in [0.2, 0.25) is 5.02 Å². The summed E-state index contributed by atoms with van der Waals surface area (Å²) in [4.78, 5) is 10.8. The molecule has 1 saturated heterocycles. The van der Waals surface area contributed by atoms with Crippen LogP contribution in [0.3, 0.4) is 0 Å². The van der Waals surface area contributed by atoms with Crippen molar-refractivity contribution in [3.05, 3.63) is 47.1 Å². The normalized spacial score (nSPS) is 16.5. The molecule has 0 amide bonds. The Bertz CT molecular complexity index is 821. The third-order valence-corrected chi connectivity index (χ3v) is 4.82. The molecule has 3 rings (SSSR count). The number of rotatable bonds is 5. The lowest BCUT2D eigenvalue weighted by atomic mass is 10.2. The summed E-state index contributed by atoms with van der Waals surface area (Å²) in [6.07, 6.45) is 2.71. The van der Waals surface area contributed by atoms with Crippen LogP contribution in [0.1, 0.15) is 12.0 Å². The molecule has 2 heterocycles. The molecule has 0 bridgehead atoms. The highest BCUT2D eigenvalue weighted by atomic mass is 127. The fourth-order valence-electron chi connectivity index (χ4n) is 3.08. The van der Waals surface area contributed by atoms with E-state index in [0.29, 0.717) is 23.3 Å². The summed E-state index contributed by atoms with van der Waals surface area (Å²) >= 11 is 6.25. The number of hydrogen-bond acceptors (Lipinski definition) is 5. The predicted molar refractivity (Wildman–Crippen MR) is 123 cm³/mol. The number of nitrogens with zero attached hydrogens (tertiary/aromatic N) is 3. The van der Waals surface area contributed by atoms with Crippen LogP contribution >= 0.6 is 35.6 Å². The molecule has 1 fully saturated rings. The zero-order chi connectivity index (χ0) is 19.2. The minimum atomic E-state index is 0. The quantitative estimate of drug-likeness (QED) is 0.321. The molecule has 9 heteroatoms. The molecule has 1 aromatic heterocycles. The van der Waals surface area contributed by atoms with E-state index in [1.165, 1.54) is 0 Å². The third-order valence-electron chi connectivity index (χ3n) is 4.52. The fourth-order valence-corrected chi connectivity index (χ4v) is 3.32. The fraction of sp³-hybridized carbons (Fsp3) is 0.368. The molecule has 0 spiro atoms. The maximum Gasteiger partial charge on any atom is 0.191 e. The molecule has 0 saturated carbocycles. The Morgan fingerprint density at radius 2 is 2.25 bits per heavy atom. The van der Waals surface area contributed by atoms with E-state index in [9.17, 15) is 5.11 Å². The van der Waals surface area contributed by atoms with Crippen molar-refractivity contribution in [3.63, 3.8) is 0 Å². The number of aromatic nitrogens is 1. The summed E-state index contributed by atoms with van der Waals surface area (Å²) < 4.78 is 5.21. The number of ether oxygens (including phenoxy) is 1. The van der Waals surface area contributed by atoms with Crippen LogP contribution in [0.4, 0.5) is 5.82 Å². The van der Waals surface area contributed by atoms with Crippen LogP contribution in [-0.4, -0.2) is 49.3 Å². The Hall–Kier alpha value is -1.94. The summed E-state index contributed by atoms with van der Waals surface area (Å²) in [5.41, 5.74) is 0.741. The maximum absolute atomic E-state index is 10.0. The number of nitrogens with one attached hydrogen (secondary N) is 2. The number of guanidine groups is 1. The molecular formula is C19H25ClIN5O2. The first-order chi connectivity index (χ1) is 13.1. The van der Waals surface area contributed by atoms with Crippen molar-refractivity contribution in [1.82, 2.24) is 15.6 Å². The van der Waals surface area contributed by atoms with Crippen LogP contribution in [0.5, 0.6) is 11.5 Å². The lowest BCUT2D eigenvalue weighted by molar-refractivity contribution is 0.410. The summed E-state index contributed by atoms with van der Waals surface area (Å²) in [5, 5.41) is 17.3. The van der Waals surface area contributed by atoms with Crippen LogP contribution in [-0.2, 0) is 6.54 Å². The SMILES string of the molecule is CN=C(NCc1cc(OC)ccc1O)NC1CCN(c2ncccc2Cl)C1.I. The van der Waals surface area contributed by atoms with Crippen molar-refractivity contribution in [2.24, 2.45) is 4.99 Å². The molecule has 7 nitrogen and oxygen atoms in total. The van der Waals surface area contributed by atoms with Crippen molar-refractivity contribution in [3.8, 4) is 11.5 Å². The van der Waals surface area contributed by atoms with E-state index in [1.54, 1.807) is 38.6 Å². The minimum absolute atomic E-state index is 0. The second kappa shape index (κ2) is 10.6. The van der Waals surface area contributed by atoms with Gasteiger partial charge in [0.15, 0.2) is 5.96 Å². The molecule has 3 N–H and O–H groups in total. The number of benzene rings is 1. The van der Waals surface area contributed by atoms with E-state index in [4.69, 9.17) is 16.3 Å². The molecule has 1 aliphatic heterocycles. The van der Waals surface area contributed by atoms with Crippen molar-refractivity contribution >= 4 is 47.4 Å². The smallest absolute Gasteiger partial charge is 0.191 e. The van der Waals surface area contributed by atoms with Gasteiger partial charge in [0.25, 0.3) is 0 Å². The molecule has 1 unspecified atom stereocenters. The molecule has 28 heavy (non-hydrogen) atoms. The zero-order valence-electron chi connectivity index (χ0n) is 15.9. The number of phenolic OH excluding ortho intramolecular Hbond substituents is 1. The second-order valence-corrected chi connectivity index (χ2v) is 6.71. The van der Waals surface area contributed by atoms with Gasteiger partial charge in [-0.05, 0) is 36.8 Å². The van der Waals surface area contributed by atoms with Gasteiger partial charge in [0.05, 0.1) is 12.1 Å². The van der Waals surface area contributed by atoms with Crippen molar-refractivity contribution in [1.29, 1.82) is 0 Å². The first-order valence-corrected chi connectivity index (χ1v) is 9.17. The first kappa shape index (κ1) is 22.4. The van der Waals surface area contributed by atoms with Gasteiger partial charge in [-0.3, -0.25) is 4.99 Å². The molecule has 0 radical (unpaired) electrons. The number of hydrogen-bond donors (Lipinski definition) is 3. The number of pyridine rings is 1. The monoisotopic (exact) mass is 517 g/mol. The Kier molecular flexibility index (Phi) is 8.43. The van der Waals surface area contributed by atoms with Crippen LogP contribution in [0, 0.1) is 0 Å². The lowest BCUT2D eigenvalue weighted by Crippen LogP contribution is -2.44. The van der Waals surface area contributed by atoms with Gasteiger partial charge in [-0.25, -0.2) is 4.98 Å². The van der Waals surface area contributed by atoms with Gasteiger partial charge in [0.2, 0.25) is 0 Å². The summed E-state index contributed by atoms with van der Waals surface area (Å²) in [5.74, 6) is 2.41. The Morgan fingerprint density at radius 1 is 1.43 bits per heavy atom. The number of aliphatic imine (C=N–C) groups is 1. The topological polar surface area (TPSA) is 82.0 Å². The molecule has 1 atom stereocenters. The number of methoxy groups -OCH3 is 1. The predicted octanol–water partition coefficient (Wildman–Crippen LogP) is 3.01. The number of aromatic hydroxyl groups is 1. The Morgan fingerprint density at radius 3 is 2.96 bits per heavy atom. The lowest BCUT2D eigenvalue weighted by Gasteiger charge is -2.20. The second-order valence-electron chi connectivity index (χ2n) is 6.31. The molecule has 0 aliphatic carbocycles. The van der Waals surface area contributed by atoms with Gasteiger partial charge in [-0.15, -0.1) is 24.0 Å². The van der Waals surface area contributed by atoms with E-state index in [1.807, 2.05) is 12.1 Å². The summed E-state index contributed by atoms with van der Waals surface area (Å²) in [7, 11) is 3.33. The minimum Gasteiger partial charge on any atom is -0.508 e. The third kappa shape index (κ3) is 5.54. The Balaban J connectivity index is 0.00000280. The number of halogens is 2. The standard InChI is InChI=1S/C19H24ClN5O2.HI/c1-21-19(23-11-13-10-15(27-2)5-6-17(13)26)24-14-7-9-25(12-14)18-16(20)4-3-8-22-18;/h3-6,8,10,14,26H,7,9,11-12H2,1-2H3,(H2,21,23,24);1H. The van der Waals surface area contributed by atoms with E-state index >= 15 is 0 Å². The molecule has 1 aromatic carbocycles. The van der Waals surface area contributed by atoms with Crippen LogP contribution in [0.25, 0.3) is 0 Å². The zero-order valence-corrected chi connectivity index (χ0v) is 18.9. The van der Waals surface area contributed by atoms with Crippen LogP contribution < -0.4 is 20.3 Å². The van der Waals surface area contributed by atoms with Gasteiger partial charge in [0.1, 0.15) is 17.3 Å². The Labute approximate surface area is 187 Å². The highest BCUT2D eigenvalue weighted by Gasteiger charge is 2.25. The van der Waals surface area contributed by atoms with Gasteiger partial charge < -0.3 is 25.4 Å². The molecule has 1 aliphatic rings. The van der Waals surface area contributed by atoms with Crippen LogP contribution in [0.15, 0.2) is 41.5 Å². The van der Waals surface area contributed by atoms with E-state index in [2.05, 4.69) is 25.5 Å². The number of anilines is 1. The van der Waals surface area contributed by atoms with Gasteiger partial charge in [0, 0.05) is 44.5 Å². The molecule has 2 aromatic rings. The van der Waals surface area contributed by atoms with Crippen molar-refractivity contribution < 1.29 is 9.84 Å². The average Bonchev–Trinajstić information content (AvgIpc) is 3.14. The van der Waals surface area contributed by atoms with Crippen molar-refractivity contribution in [2.75, 3.05) is 32.1 Å². The molecular weight excluding hydrogens is 493 g/mol. The molecule has 152 valence electrons. The van der Waals surface area contributed by atoms with E-state index in [0.717, 1.165) is 30.9 Å². The van der Waals surface area contributed by atoms with Crippen molar-refractivity contribution in [2.45, 2.75) is 19.0 Å². The highest BCUT2D eigenvalue weighted by Crippen LogP contribution is 2.26. The van der Waals surface area contributed by atoms with Gasteiger partial charge in [-0.2, -0.15) is 0 Å². The number of phenols is 1. The van der Waals surface area contributed by atoms with E-state index in [-0.39, 0.29) is 35.8 Å². The van der Waals surface area contributed by atoms with Gasteiger partial charge in [-0.1, -0.05) is 11.6 Å². The highest BCUT2D eigenvalue weighted by molar-refractivity contribution is 14.0. The summed E-state index contributed by atoms with van der Waals surface area (Å²) in [6, 6.07) is 9.06. The van der Waals surface area contributed by atoms with E-state index < -0.39 is 0 Å². The first-order valence-electron chi connectivity index (χ1n) is 8.79. The summed E-state index contributed by atoms with van der Waals surface area (Å²) in [6.45, 7) is 2.11. The maximum atomic E-state index is 10.0. The average molecular weight is 518 g/mol. The largest absolute Gasteiger partial charge is 0.508 e.